The molecule has 1 aliphatic heterocycles. The van der Waals surface area contributed by atoms with Crippen LogP contribution in [0.5, 0.6) is 0 Å². The molecule has 0 atom stereocenters. The van der Waals surface area contributed by atoms with E-state index in [0.29, 0.717) is 19.6 Å². The summed E-state index contributed by atoms with van der Waals surface area (Å²) in [5.41, 5.74) is 2.51. The summed E-state index contributed by atoms with van der Waals surface area (Å²) in [4.78, 5) is 6.46. The molecule has 0 bridgehead atoms. The second-order valence-corrected chi connectivity index (χ2v) is 8.81. The molecule has 0 unspecified atom stereocenters. The van der Waals surface area contributed by atoms with E-state index < -0.39 is 10.0 Å². The molecule has 1 fully saturated rings. The standard InChI is InChI=1S/C20H23N5O2S/c26-28(27,16-17-7-2-1-3-8-17)25-12-6-11-24(13-14-25)20-15-19(22-23-20)18-9-4-5-10-21-18/h1-5,7-10,15H,6,11-14,16H2,(H,22,23). The van der Waals surface area contributed by atoms with Crippen molar-refractivity contribution in [2.24, 2.45) is 0 Å². The van der Waals surface area contributed by atoms with Crippen molar-refractivity contribution in [2.45, 2.75) is 12.2 Å². The minimum atomic E-state index is -3.33. The summed E-state index contributed by atoms with van der Waals surface area (Å²) in [6, 6.07) is 17.0. The molecule has 1 aliphatic rings. The van der Waals surface area contributed by atoms with Crippen LogP contribution in [0.4, 0.5) is 5.82 Å². The highest BCUT2D eigenvalue weighted by Gasteiger charge is 2.26. The van der Waals surface area contributed by atoms with E-state index in [1.807, 2.05) is 54.6 Å². The Kier molecular flexibility index (Phi) is 5.40. The third-order valence-electron chi connectivity index (χ3n) is 4.87. The van der Waals surface area contributed by atoms with Gasteiger partial charge >= 0.3 is 0 Å². The molecule has 0 aliphatic carbocycles. The van der Waals surface area contributed by atoms with Gasteiger partial charge in [-0.3, -0.25) is 10.1 Å². The van der Waals surface area contributed by atoms with Gasteiger partial charge in [-0.15, -0.1) is 0 Å². The summed E-state index contributed by atoms with van der Waals surface area (Å²) < 4.78 is 27.2. The van der Waals surface area contributed by atoms with Crippen LogP contribution >= 0.6 is 0 Å². The van der Waals surface area contributed by atoms with Gasteiger partial charge in [0.05, 0.1) is 17.1 Å². The molecule has 1 N–H and O–H groups in total. The lowest BCUT2D eigenvalue weighted by Crippen LogP contribution is -2.36. The van der Waals surface area contributed by atoms with Gasteiger partial charge in [0.1, 0.15) is 0 Å². The first kappa shape index (κ1) is 18.6. The van der Waals surface area contributed by atoms with Gasteiger partial charge in [0.25, 0.3) is 0 Å². The number of H-pyrrole nitrogens is 1. The molecule has 2 aromatic heterocycles. The SMILES string of the molecule is O=S(=O)(Cc1ccccc1)N1CCCN(c2cc(-c3ccccn3)[nH]n2)CC1. The normalized spacial score (nSPS) is 16.1. The number of aromatic nitrogens is 3. The summed E-state index contributed by atoms with van der Waals surface area (Å²) in [6.45, 7) is 2.37. The number of sulfonamides is 1. The van der Waals surface area contributed by atoms with E-state index in [1.54, 1.807) is 10.5 Å². The van der Waals surface area contributed by atoms with Gasteiger partial charge in [0.2, 0.25) is 10.0 Å². The number of nitrogens with zero attached hydrogens (tertiary/aromatic N) is 4. The van der Waals surface area contributed by atoms with Crippen molar-refractivity contribution >= 4 is 15.8 Å². The largest absolute Gasteiger partial charge is 0.354 e. The van der Waals surface area contributed by atoms with Gasteiger partial charge in [0, 0.05) is 38.4 Å². The number of pyridine rings is 1. The fraction of sp³-hybridized carbons (Fsp3) is 0.300. The second kappa shape index (κ2) is 8.12. The molecule has 146 valence electrons. The van der Waals surface area contributed by atoms with Crippen LogP contribution in [0, 0.1) is 0 Å². The Bertz CT molecular complexity index is 1010. The zero-order valence-electron chi connectivity index (χ0n) is 15.5. The Morgan fingerprint density at radius 3 is 2.57 bits per heavy atom. The van der Waals surface area contributed by atoms with E-state index >= 15 is 0 Å². The Balaban J connectivity index is 1.43. The fourth-order valence-corrected chi connectivity index (χ4v) is 4.97. The van der Waals surface area contributed by atoms with Crippen LogP contribution in [0.15, 0.2) is 60.8 Å². The molecule has 1 saturated heterocycles. The predicted octanol–water partition coefficient (Wildman–Crippen LogP) is 2.51. The van der Waals surface area contributed by atoms with E-state index in [2.05, 4.69) is 20.1 Å². The number of rotatable bonds is 5. The van der Waals surface area contributed by atoms with Gasteiger partial charge in [-0.2, -0.15) is 9.40 Å². The highest BCUT2D eigenvalue weighted by Crippen LogP contribution is 2.22. The average molecular weight is 398 g/mol. The van der Waals surface area contributed by atoms with Crippen LogP contribution in [0.2, 0.25) is 0 Å². The maximum Gasteiger partial charge on any atom is 0.218 e. The number of aromatic amines is 1. The monoisotopic (exact) mass is 397 g/mol. The van der Waals surface area contributed by atoms with E-state index in [-0.39, 0.29) is 5.75 Å². The highest BCUT2D eigenvalue weighted by molar-refractivity contribution is 7.88. The van der Waals surface area contributed by atoms with Crippen LogP contribution in [-0.4, -0.2) is 54.1 Å². The summed E-state index contributed by atoms with van der Waals surface area (Å²) in [6.07, 6.45) is 2.51. The molecule has 3 aromatic rings. The van der Waals surface area contributed by atoms with Crippen LogP contribution in [0.3, 0.4) is 0 Å². The van der Waals surface area contributed by atoms with E-state index in [9.17, 15) is 8.42 Å². The smallest absolute Gasteiger partial charge is 0.218 e. The van der Waals surface area contributed by atoms with Crippen LogP contribution in [-0.2, 0) is 15.8 Å². The summed E-state index contributed by atoms with van der Waals surface area (Å²) in [7, 11) is -3.33. The summed E-state index contributed by atoms with van der Waals surface area (Å²) >= 11 is 0. The third-order valence-corrected chi connectivity index (χ3v) is 6.72. The van der Waals surface area contributed by atoms with Gasteiger partial charge < -0.3 is 4.90 Å². The van der Waals surface area contributed by atoms with Gasteiger partial charge in [0.15, 0.2) is 5.82 Å². The van der Waals surface area contributed by atoms with Crippen molar-refractivity contribution in [1.29, 1.82) is 0 Å². The zero-order valence-corrected chi connectivity index (χ0v) is 16.3. The quantitative estimate of drug-likeness (QED) is 0.715. The second-order valence-electron chi connectivity index (χ2n) is 6.84. The fourth-order valence-electron chi connectivity index (χ4n) is 3.40. The van der Waals surface area contributed by atoms with E-state index in [1.165, 1.54) is 0 Å². The molecule has 0 radical (unpaired) electrons. The zero-order chi connectivity index (χ0) is 19.4. The van der Waals surface area contributed by atoms with Crippen molar-refractivity contribution in [2.75, 3.05) is 31.1 Å². The molecular formula is C20H23N5O2S. The van der Waals surface area contributed by atoms with Gasteiger partial charge in [-0.05, 0) is 24.1 Å². The molecular weight excluding hydrogens is 374 g/mol. The summed E-state index contributed by atoms with van der Waals surface area (Å²) in [5.74, 6) is 0.864. The molecule has 4 rings (SSSR count). The maximum absolute atomic E-state index is 12.8. The van der Waals surface area contributed by atoms with Crippen LogP contribution in [0.25, 0.3) is 11.4 Å². The number of nitrogens with one attached hydrogen (secondary N) is 1. The lowest BCUT2D eigenvalue weighted by molar-refractivity contribution is 0.432. The number of hydrogen-bond donors (Lipinski definition) is 1. The molecule has 0 saturated carbocycles. The average Bonchev–Trinajstić information content (AvgIpc) is 3.06. The molecule has 1 aromatic carbocycles. The molecule has 0 amide bonds. The van der Waals surface area contributed by atoms with Crippen molar-refractivity contribution in [3.63, 3.8) is 0 Å². The molecule has 28 heavy (non-hydrogen) atoms. The Hall–Kier alpha value is -2.71. The highest BCUT2D eigenvalue weighted by atomic mass is 32.2. The number of benzene rings is 1. The lowest BCUT2D eigenvalue weighted by Gasteiger charge is -2.21. The number of hydrogen-bond acceptors (Lipinski definition) is 5. The van der Waals surface area contributed by atoms with Crippen LogP contribution in [0.1, 0.15) is 12.0 Å². The lowest BCUT2D eigenvalue weighted by atomic mass is 10.2. The third kappa shape index (κ3) is 4.23. The molecule has 0 spiro atoms. The minimum absolute atomic E-state index is 0.0417. The first-order valence-corrected chi connectivity index (χ1v) is 11.0. The molecule has 7 nitrogen and oxygen atoms in total. The van der Waals surface area contributed by atoms with E-state index in [4.69, 9.17) is 0 Å². The predicted molar refractivity (Wildman–Crippen MR) is 109 cm³/mol. The van der Waals surface area contributed by atoms with Gasteiger partial charge in [-0.1, -0.05) is 36.4 Å². The van der Waals surface area contributed by atoms with Crippen molar-refractivity contribution in [1.82, 2.24) is 19.5 Å². The Morgan fingerprint density at radius 2 is 1.79 bits per heavy atom. The first-order valence-electron chi connectivity index (χ1n) is 9.35. The van der Waals surface area contributed by atoms with Crippen LogP contribution < -0.4 is 4.90 Å². The first-order chi connectivity index (χ1) is 13.6. The van der Waals surface area contributed by atoms with Gasteiger partial charge in [-0.25, -0.2) is 8.42 Å². The molecule has 3 heterocycles. The topological polar surface area (TPSA) is 82.2 Å². The Morgan fingerprint density at radius 1 is 0.964 bits per heavy atom. The maximum atomic E-state index is 12.8. The van der Waals surface area contributed by atoms with Crippen molar-refractivity contribution in [3.8, 4) is 11.4 Å². The Labute approximate surface area is 165 Å². The molecule has 8 heteroatoms. The minimum Gasteiger partial charge on any atom is -0.354 e. The van der Waals surface area contributed by atoms with E-state index in [0.717, 1.165) is 35.7 Å². The number of anilines is 1. The van der Waals surface area contributed by atoms with Crippen molar-refractivity contribution in [3.05, 3.63) is 66.4 Å². The van der Waals surface area contributed by atoms with Crippen molar-refractivity contribution < 1.29 is 8.42 Å². The summed E-state index contributed by atoms with van der Waals surface area (Å²) in [5, 5.41) is 7.43.